The smallest absolute Gasteiger partial charge is 0.00960 e. The molecule has 0 radical (unpaired) electrons. The van der Waals surface area contributed by atoms with Crippen molar-refractivity contribution < 1.29 is 0 Å². The van der Waals surface area contributed by atoms with E-state index in [0.29, 0.717) is 11.8 Å². The Hall–Kier alpha value is -2.08. The second kappa shape index (κ2) is 9.03. The molecule has 2 aromatic rings. The Morgan fingerprint density at radius 2 is 1.58 bits per heavy atom. The molecule has 26 heavy (non-hydrogen) atoms. The first kappa shape index (κ1) is 20.2. The highest BCUT2D eigenvalue weighted by molar-refractivity contribution is 5.65. The van der Waals surface area contributed by atoms with Crippen LogP contribution in [0.15, 0.2) is 66.8 Å². The van der Waals surface area contributed by atoms with Gasteiger partial charge in [0.2, 0.25) is 0 Å². The van der Waals surface area contributed by atoms with Gasteiger partial charge in [0.1, 0.15) is 0 Å². The summed E-state index contributed by atoms with van der Waals surface area (Å²) in [5.41, 5.74) is 9.09. The molecule has 0 aliphatic carbocycles. The van der Waals surface area contributed by atoms with Gasteiger partial charge in [-0.15, -0.1) is 0 Å². The minimum absolute atomic E-state index is 0.421. The lowest BCUT2D eigenvalue weighted by atomic mass is 9.78. The summed E-state index contributed by atoms with van der Waals surface area (Å²) < 4.78 is 0. The third-order valence-electron chi connectivity index (χ3n) is 5.70. The highest BCUT2D eigenvalue weighted by Crippen LogP contribution is 2.36. The molecule has 0 nitrogen and oxygen atoms in total. The monoisotopic (exact) mass is 346 g/mol. The Kier molecular flexibility index (Phi) is 7.03. The summed E-state index contributed by atoms with van der Waals surface area (Å²) in [5.74, 6) is 0.923. The average Bonchev–Trinajstić information content (AvgIpc) is 2.65. The van der Waals surface area contributed by atoms with Crippen molar-refractivity contribution in [2.24, 2.45) is 5.92 Å². The number of hydrogen-bond donors (Lipinski definition) is 0. The molecule has 0 saturated carbocycles. The number of rotatable bonds is 8. The van der Waals surface area contributed by atoms with Crippen molar-refractivity contribution in [3.63, 3.8) is 0 Å². The Morgan fingerprint density at radius 1 is 0.962 bits per heavy atom. The maximum Gasteiger partial charge on any atom is -0.00960 e. The molecule has 0 saturated heterocycles. The minimum atomic E-state index is 0.421. The lowest BCUT2D eigenvalue weighted by Gasteiger charge is -2.26. The van der Waals surface area contributed by atoms with E-state index >= 15 is 0 Å². The predicted octanol–water partition coefficient (Wildman–Crippen LogP) is 7.88. The molecule has 0 spiro atoms. The van der Waals surface area contributed by atoms with Gasteiger partial charge in [0.05, 0.1) is 0 Å². The van der Waals surface area contributed by atoms with Crippen LogP contribution in [-0.2, 0) is 6.42 Å². The van der Waals surface area contributed by atoms with E-state index in [0.717, 1.165) is 12.0 Å². The second-order valence-corrected chi connectivity index (χ2v) is 7.61. The molecular formula is C26H34. The van der Waals surface area contributed by atoms with Crippen LogP contribution in [0.4, 0.5) is 0 Å². The van der Waals surface area contributed by atoms with Gasteiger partial charge in [-0.05, 0) is 71.9 Å². The molecule has 0 bridgehead atoms. The zero-order valence-corrected chi connectivity index (χ0v) is 17.2. The van der Waals surface area contributed by atoms with Gasteiger partial charge in [-0.1, -0.05) is 88.4 Å². The summed E-state index contributed by atoms with van der Waals surface area (Å²) in [5, 5.41) is 0. The topological polar surface area (TPSA) is 0 Å². The number of allylic oxidation sites excluding steroid dienone is 2. The summed E-state index contributed by atoms with van der Waals surface area (Å²) in [6, 6.07) is 16.0. The van der Waals surface area contributed by atoms with Gasteiger partial charge in [0.25, 0.3) is 0 Å². The molecule has 0 fully saturated rings. The van der Waals surface area contributed by atoms with E-state index in [-0.39, 0.29) is 0 Å². The Labute approximate surface area is 160 Å². The van der Waals surface area contributed by atoms with Gasteiger partial charge in [0, 0.05) is 0 Å². The van der Waals surface area contributed by atoms with E-state index in [2.05, 4.69) is 90.2 Å². The van der Waals surface area contributed by atoms with E-state index in [9.17, 15) is 0 Å². The summed E-state index contributed by atoms with van der Waals surface area (Å²) >= 11 is 0. The molecular weight excluding hydrogens is 312 g/mol. The summed E-state index contributed by atoms with van der Waals surface area (Å²) in [6.45, 7) is 19.4. The van der Waals surface area contributed by atoms with E-state index < -0.39 is 0 Å². The summed E-state index contributed by atoms with van der Waals surface area (Å²) in [4.78, 5) is 0. The lowest BCUT2D eigenvalue weighted by molar-refractivity contribution is 0.488. The molecule has 0 aliphatic heterocycles. The fraction of sp³-hybridized carbons (Fsp3) is 0.385. The molecule has 0 aliphatic rings. The van der Waals surface area contributed by atoms with Crippen molar-refractivity contribution in [1.82, 2.24) is 0 Å². The van der Waals surface area contributed by atoms with Crippen LogP contribution in [0.5, 0.6) is 0 Å². The zero-order chi connectivity index (χ0) is 19.3. The normalized spacial score (nSPS) is 13.3. The third-order valence-corrected chi connectivity index (χ3v) is 5.70. The van der Waals surface area contributed by atoms with E-state index in [1.807, 2.05) is 0 Å². The van der Waals surface area contributed by atoms with Crippen LogP contribution in [0.1, 0.15) is 63.1 Å². The molecule has 2 atom stereocenters. The Balaban J connectivity index is 2.29. The number of benzene rings is 2. The lowest BCUT2D eigenvalue weighted by Crippen LogP contribution is -2.12. The summed E-state index contributed by atoms with van der Waals surface area (Å²) in [6.07, 6.45) is 3.45. The SMILES string of the molecule is C=C(C)C(=C)[C@H](C)[C@H](CCC)c1ccc(-c2ccc(CC)c(C)c2)cc1. The maximum absolute atomic E-state index is 4.27. The number of hydrogen-bond acceptors (Lipinski definition) is 0. The Morgan fingerprint density at radius 3 is 2.08 bits per heavy atom. The third kappa shape index (κ3) is 4.55. The van der Waals surface area contributed by atoms with Gasteiger partial charge in [-0.2, -0.15) is 0 Å². The molecule has 0 heterocycles. The van der Waals surface area contributed by atoms with E-state index in [1.54, 1.807) is 0 Å². The van der Waals surface area contributed by atoms with Crippen LogP contribution in [0.25, 0.3) is 11.1 Å². The van der Waals surface area contributed by atoms with Crippen molar-refractivity contribution >= 4 is 0 Å². The Bertz CT molecular complexity index is 761. The molecule has 0 aromatic heterocycles. The molecule has 0 heteroatoms. The van der Waals surface area contributed by atoms with Crippen LogP contribution in [0, 0.1) is 12.8 Å². The van der Waals surface area contributed by atoms with E-state index in [4.69, 9.17) is 0 Å². The second-order valence-electron chi connectivity index (χ2n) is 7.61. The van der Waals surface area contributed by atoms with Gasteiger partial charge < -0.3 is 0 Å². The quantitative estimate of drug-likeness (QED) is 0.426. The molecule has 138 valence electrons. The number of aryl methyl sites for hydroxylation is 2. The fourth-order valence-electron chi connectivity index (χ4n) is 3.84. The molecule has 2 rings (SSSR count). The van der Waals surface area contributed by atoms with Crippen LogP contribution >= 0.6 is 0 Å². The van der Waals surface area contributed by atoms with Crippen molar-refractivity contribution in [1.29, 1.82) is 0 Å². The maximum atomic E-state index is 4.27. The zero-order valence-electron chi connectivity index (χ0n) is 17.2. The van der Waals surface area contributed by atoms with Crippen molar-refractivity contribution in [2.45, 2.75) is 59.8 Å². The van der Waals surface area contributed by atoms with Gasteiger partial charge in [0.15, 0.2) is 0 Å². The largest absolute Gasteiger partial charge is 0.0958 e. The molecule has 0 unspecified atom stereocenters. The predicted molar refractivity (Wildman–Crippen MR) is 117 cm³/mol. The first-order valence-corrected chi connectivity index (χ1v) is 9.93. The molecule has 2 aromatic carbocycles. The van der Waals surface area contributed by atoms with Crippen LogP contribution in [-0.4, -0.2) is 0 Å². The first-order chi connectivity index (χ1) is 12.4. The highest BCUT2D eigenvalue weighted by Gasteiger charge is 2.21. The van der Waals surface area contributed by atoms with Crippen LogP contribution in [0.2, 0.25) is 0 Å². The summed E-state index contributed by atoms with van der Waals surface area (Å²) in [7, 11) is 0. The van der Waals surface area contributed by atoms with Crippen LogP contribution in [0.3, 0.4) is 0 Å². The minimum Gasteiger partial charge on any atom is -0.0958 e. The van der Waals surface area contributed by atoms with Gasteiger partial charge >= 0.3 is 0 Å². The van der Waals surface area contributed by atoms with Crippen LogP contribution < -0.4 is 0 Å². The van der Waals surface area contributed by atoms with Crippen molar-refractivity contribution in [3.8, 4) is 11.1 Å². The van der Waals surface area contributed by atoms with Gasteiger partial charge in [-0.3, -0.25) is 0 Å². The standard InChI is InChI=1S/C26H34/c1-8-10-26(21(7)20(6)18(3)4)24-14-12-23(13-15-24)25-16-11-22(9-2)19(5)17-25/h11-17,21,26H,3,6,8-10H2,1-2,4-5,7H3/t21-,26-/m0/s1. The average molecular weight is 347 g/mol. The van der Waals surface area contributed by atoms with Crippen molar-refractivity contribution in [2.75, 3.05) is 0 Å². The fourth-order valence-corrected chi connectivity index (χ4v) is 3.84. The van der Waals surface area contributed by atoms with Gasteiger partial charge in [-0.25, -0.2) is 0 Å². The first-order valence-electron chi connectivity index (χ1n) is 9.93. The molecule has 0 amide bonds. The van der Waals surface area contributed by atoms with Crippen molar-refractivity contribution in [3.05, 3.63) is 83.5 Å². The van der Waals surface area contributed by atoms with E-state index in [1.165, 1.54) is 46.2 Å². The molecule has 0 N–H and O–H groups in total. The highest BCUT2D eigenvalue weighted by atomic mass is 14.3.